The molecule has 132 valence electrons. The average molecular weight is 364 g/mol. The van der Waals surface area contributed by atoms with Gasteiger partial charge in [-0.25, -0.2) is 0 Å². The molecule has 0 radical (unpaired) electrons. The monoisotopic (exact) mass is 364 g/mol. The second-order valence-corrected chi connectivity index (χ2v) is 8.34. The van der Waals surface area contributed by atoms with Crippen molar-refractivity contribution in [2.75, 3.05) is 7.11 Å². The van der Waals surface area contributed by atoms with E-state index in [4.69, 9.17) is 9.47 Å². The molecule has 0 aliphatic carbocycles. The van der Waals surface area contributed by atoms with Gasteiger partial charge < -0.3 is 9.47 Å². The smallest absolute Gasteiger partial charge is 0.319 e. The summed E-state index contributed by atoms with van der Waals surface area (Å²) in [7, 11) is 0.689. The Balaban J connectivity index is 1.90. The van der Waals surface area contributed by atoms with Crippen molar-refractivity contribution in [1.82, 2.24) is 0 Å². The molecule has 3 nitrogen and oxygen atoms in total. The highest BCUT2D eigenvalue weighted by atomic mass is 31.1. The zero-order valence-corrected chi connectivity index (χ0v) is 15.7. The molecule has 0 aromatic heterocycles. The largest absolute Gasteiger partial charge is 0.493 e. The van der Waals surface area contributed by atoms with E-state index in [9.17, 15) is 4.79 Å². The van der Waals surface area contributed by atoms with Gasteiger partial charge in [-0.05, 0) is 37.6 Å². The first-order valence-corrected chi connectivity index (χ1v) is 9.86. The molecule has 1 unspecified atom stereocenters. The third kappa shape index (κ3) is 4.12. The van der Waals surface area contributed by atoms with E-state index in [1.807, 2.05) is 55.5 Å². The normalized spacial score (nSPS) is 11.8. The van der Waals surface area contributed by atoms with E-state index >= 15 is 0 Å². The Hall–Kier alpha value is -2.64. The van der Waals surface area contributed by atoms with Gasteiger partial charge in [0.2, 0.25) is 0 Å². The van der Waals surface area contributed by atoms with Crippen LogP contribution in [0.4, 0.5) is 0 Å². The van der Waals surface area contributed by atoms with Crippen molar-refractivity contribution in [3.05, 3.63) is 84.9 Å². The lowest BCUT2D eigenvalue weighted by molar-refractivity contribution is -0.133. The van der Waals surface area contributed by atoms with Gasteiger partial charge in [0.05, 0.1) is 12.8 Å². The van der Waals surface area contributed by atoms with Crippen LogP contribution in [0, 0.1) is 0 Å². The summed E-state index contributed by atoms with van der Waals surface area (Å²) in [4.78, 5) is 12.9. The SMILES string of the molecule is COc1ccccc1OC(=O)C(C)P(c1ccccc1)c1ccccc1. The van der Waals surface area contributed by atoms with Crippen molar-refractivity contribution in [2.24, 2.45) is 0 Å². The number of carbonyl (C=O) groups excluding carboxylic acids is 1. The van der Waals surface area contributed by atoms with Crippen molar-refractivity contribution >= 4 is 24.5 Å². The molecule has 0 aliphatic heterocycles. The second-order valence-electron chi connectivity index (χ2n) is 5.79. The number of benzene rings is 3. The number of carbonyl (C=O) groups is 1. The van der Waals surface area contributed by atoms with E-state index < -0.39 is 7.92 Å². The molecular weight excluding hydrogens is 343 g/mol. The van der Waals surface area contributed by atoms with E-state index in [0.717, 1.165) is 10.6 Å². The third-order valence-corrected chi connectivity index (χ3v) is 6.77. The maximum absolute atomic E-state index is 12.9. The van der Waals surface area contributed by atoms with Crippen molar-refractivity contribution in [1.29, 1.82) is 0 Å². The summed E-state index contributed by atoms with van der Waals surface area (Å²) in [5.41, 5.74) is -0.292. The molecule has 1 atom stereocenters. The molecule has 0 saturated carbocycles. The highest BCUT2D eigenvalue weighted by Crippen LogP contribution is 2.40. The summed E-state index contributed by atoms with van der Waals surface area (Å²) < 4.78 is 11.0. The number of para-hydroxylation sites is 2. The van der Waals surface area contributed by atoms with E-state index in [0.29, 0.717) is 11.5 Å². The molecule has 0 fully saturated rings. The first kappa shape index (κ1) is 18.2. The first-order valence-electron chi connectivity index (χ1n) is 8.44. The summed E-state index contributed by atoms with van der Waals surface area (Å²) >= 11 is 0. The molecule has 0 saturated heterocycles. The lowest BCUT2D eigenvalue weighted by Gasteiger charge is -2.24. The van der Waals surface area contributed by atoms with Crippen LogP contribution in [0.15, 0.2) is 84.9 Å². The van der Waals surface area contributed by atoms with Crippen molar-refractivity contribution in [3.8, 4) is 11.5 Å². The van der Waals surface area contributed by atoms with Gasteiger partial charge in [-0.1, -0.05) is 72.8 Å². The average Bonchev–Trinajstić information content (AvgIpc) is 2.70. The van der Waals surface area contributed by atoms with Crippen molar-refractivity contribution in [2.45, 2.75) is 12.6 Å². The molecule has 0 bridgehead atoms. The number of esters is 1. The van der Waals surface area contributed by atoms with Crippen molar-refractivity contribution in [3.63, 3.8) is 0 Å². The molecule has 0 heterocycles. The Labute approximate surface area is 155 Å². The van der Waals surface area contributed by atoms with E-state index in [2.05, 4.69) is 24.3 Å². The fourth-order valence-electron chi connectivity index (χ4n) is 2.78. The molecule has 0 spiro atoms. The summed E-state index contributed by atoms with van der Waals surface area (Å²) in [6.07, 6.45) is 0. The number of rotatable bonds is 6. The van der Waals surface area contributed by atoms with Crippen LogP contribution in [0.1, 0.15) is 6.92 Å². The Morgan fingerprint density at radius 3 is 1.73 bits per heavy atom. The van der Waals surface area contributed by atoms with Gasteiger partial charge in [-0.3, -0.25) is 4.79 Å². The lowest BCUT2D eigenvalue weighted by Crippen LogP contribution is -2.29. The Morgan fingerprint density at radius 2 is 1.23 bits per heavy atom. The summed E-state index contributed by atoms with van der Waals surface area (Å²) in [5.74, 6) is 0.744. The van der Waals surface area contributed by atoms with Gasteiger partial charge >= 0.3 is 5.97 Å². The van der Waals surface area contributed by atoms with E-state index in [1.165, 1.54) is 0 Å². The number of hydrogen-bond donors (Lipinski definition) is 0. The van der Waals surface area contributed by atoms with Crippen LogP contribution >= 0.6 is 7.92 Å². The highest BCUT2D eigenvalue weighted by Gasteiger charge is 2.28. The minimum absolute atomic E-state index is 0.256. The number of methoxy groups -OCH3 is 1. The van der Waals surface area contributed by atoms with Crippen LogP contribution in [0.3, 0.4) is 0 Å². The third-order valence-electron chi connectivity index (χ3n) is 4.08. The fraction of sp³-hybridized carbons (Fsp3) is 0.136. The van der Waals surface area contributed by atoms with E-state index in [1.54, 1.807) is 19.2 Å². The maximum Gasteiger partial charge on any atom is 0.319 e. The fourth-order valence-corrected chi connectivity index (χ4v) is 5.22. The Kier molecular flexibility index (Phi) is 6.04. The maximum atomic E-state index is 12.9. The summed E-state index contributed by atoms with van der Waals surface area (Å²) in [6, 6.07) is 27.5. The predicted molar refractivity (Wildman–Crippen MR) is 107 cm³/mol. The molecule has 26 heavy (non-hydrogen) atoms. The molecular formula is C22H21O3P. The van der Waals surface area contributed by atoms with Gasteiger partial charge in [0.15, 0.2) is 11.5 Å². The zero-order valence-electron chi connectivity index (χ0n) is 14.8. The van der Waals surface area contributed by atoms with Gasteiger partial charge in [-0.15, -0.1) is 0 Å². The van der Waals surface area contributed by atoms with Gasteiger partial charge in [0, 0.05) is 0 Å². The number of hydrogen-bond acceptors (Lipinski definition) is 3. The van der Waals surface area contributed by atoms with Crippen molar-refractivity contribution < 1.29 is 14.3 Å². The molecule has 0 N–H and O–H groups in total. The highest BCUT2D eigenvalue weighted by molar-refractivity contribution is 7.74. The minimum Gasteiger partial charge on any atom is -0.493 e. The van der Waals surface area contributed by atoms with E-state index in [-0.39, 0.29) is 11.6 Å². The van der Waals surface area contributed by atoms with Crippen LogP contribution in [0.5, 0.6) is 11.5 Å². The second kappa shape index (κ2) is 8.64. The van der Waals surface area contributed by atoms with Crippen LogP contribution in [-0.4, -0.2) is 18.7 Å². The van der Waals surface area contributed by atoms with Gasteiger partial charge in [0.25, 0.3) is 0 Å². The molecule has 3 aromatic rings. The Bertz CT molecular complexity index is 810. The van der Waals surface area contributed by atoms with Crippen LogP contribution < -0.4 is 20.1 Å². The number of ether oxygens (including phenoxy) is 2. The molecule has 0 aliphatic rings. The summed E-state index contributed by atoms with van der Waals surface area (Å²) in [6.45, 7) is 1.93. The van der Waals surface area contributed by atoms with Gasteiger partial charge in [-0.2, -0.15) is 0 Å². The molecule has 3 aromatic carbocycles. The predicted octanol–water partition coefficient (Wildman–Crippen LogP) is 4.12. The quantitative estimate of drug-likeness (QED) is 0.375. The van der Waals surface area contributed by atoms with Crippen LogP contribution in [0.25, 0.3) is 0 Å². The topological polar surface area (TPSA) is 35.5 Å². The minimum atomic E-state index is -0.877. The first-order chi connectivity index (χ1) is 12.7. The molecule has 4 heteroatoms. The lowest BCUT2D eigenvalue weighted by atomic mass is 10.3. The molecule has 3 rings (SSSR count). The summed E-state index contributed by atoms with van der Waals surface area (Å²) in [5, 5.41) is 2.30. The zero-order chi connectivity index (χ0) is 18.4. The van der Waals surface area contributed by atoms with Crippen LogP contribution in [0.2, 0.25) is 0 Å². The standard InChI is InChI=1S/C22H21O3P/c1-17(22(23)25-21-16-10-9-15-20(21)24-2)26(18-11-5-3-6-12-18)19-13-7-4-8-14-19/h3-17H,1-2H3. The van der Waals surface area contributed by atoms with Crippen LogP contribution in [-0.2, 0) is 4.79 Å². The molecule has 0 amide bonds. The van der Waals surface area contributed by atoms with Gasteiger partial charge in [0.1, 0.15) is 0 Å². The Morgan fingerprint density at radius 1 is 0.769 bits per heavy atom.